The molecule has 0 radical (unpaired) electrons. The maximum absolute atomic E-state index is 12.9. The Hall–Kier alpha value is -0.830. The van der Waals surface area contributed by atoms with Crippen LogP contribution in [0.3, 0.4) is 0 Å². The highest BCUT2D eigenvalue weighted by atomic mass is 35.5. The Morgan fingerprint density at radius 2 is 1.79 bits per heavy atom. The number of sulfonamides is 1. The summed E-state index contributed by atoms with van der Waals surface area (Å²) < 4.78 is 65.2. The summed E-state index contributed by atoms with van der Waals surface area (Å²) in [6.07, 6.45) is -2.59. The first-order valence-corrected chi connectivity index (χ1v) is 9.57. The smallest absolute Gasteiger partial charge is 0.301 e. The second kappa shape index (κ2) is 7.59. The van der Waals surface area contributed by atoms with Gasteiger partial charge in [0.15, 0.2) is 0 Å². The lowest BCUT2D eigenvalue weighted by Gasteiger charge is -2.34. The summed E-state index contributed by atoms with van der Waals surface area (Å²) in [5.41, 5.74) is -1.13. The van der Waals surface area contributed by atoms with Crippen molar-refractivity contribution in [2.45, 2.75) is 30.8 Å². The lowest BCUT2D eigenvalue weighted by atomic mass is 10.2. The van der Waals surface area contributed by atoms with Gasteiger partial charge in [0.2, 0.25) is 10.0 Å². The van der Waals surface area contributed by atoms with Crippen LogP contribution in [0.1, 0.15) is 25.3 Å². The van der Waals surface area contributed by atoms with Crippen LogP contribution in [0.2, 0.25) is 5.02 Å². The van der Waals surface area contributed by atoms with Crippen LogP contribution < -0.4 is 0 Å². The summed E-state index contributed by atoms with van der Waals surface area (Å²) in [6.45, 7) is 4.70. The molecule has 4 nitrogen and oxygen atoms in total. The van der Waals surface area contributed by atoms with Crippen LogP contribution >= 0.6 is 11.6 Å². The van der Waals surface area contributed by atoms with E-state index in [2.05, 4.69) is 11.8 Å². The van der Waals surface area contributed by atoms with Gasteiger partial charge in [-0.1, -0.05) is 24.9 Å². The van der Waals surface area contributed by atoms with Crippen LogP contribution in [0.15, 0.2) is 23.1 Å². The Labute approximate surface area is 145 Å². The van der Waals surface area contributed by atoms with Crippen molar-refractivity contribution in [1.29, 1.82) is 0 Å². The molecule has 1 aromatic rings. The van der Waals surface area contributed by atoms with Gasteiger partial charge >= 0.3 is 6.18 Å². The quantitative estimate of drug-likeness (QED) is 0.780. The van der Waals surface area contributed by atoms with Crippen molar-refractivity contribution in [3.63, 3.8) is 0 Å². The maximum atomic E-state index is 12.9. The van der Waals surface area contributed by atoms with E-state index in [0.29, 0.717) is 19.2 Å². The molecule has 0 atom stereocenters. The predicted octanol–water partition coefficient (Wildman–Crippen LogP) is 3.47. The van der Waals surface area contributed by atoms with Crippen LogP contribution in [0, 0.1) is 0 Å². The van der Waals surface area contributed by atoms with Crippen molar-refractivity contribution in [2.24, 2.45) is 0 Å². The third-order valence-corrected chi connectivity index (χ3v) is 6.26. The van der Waals surface area contributed by atoms with Crippen LogP contribution in [-0.4, -0.2) is 50.3 Å². The van der Waals surface area contributed by atoms with Gasteiger partial charge in [-0.2, -0.15) is 17.5 Å². The van der Waals surface area contributed by atoms with E-state index in [4.69, 9.17) is 11.6 Å². The molecular weight excluding hydrogens is 365 g/mol. The summed E-state index contributed by atoms with van der Waals surface area (Å²) in [4.78, 5) is 1.79. The normalized spacial score (nSPS) is 18.0. The van der Waals surface area contributed by atoms with Crippen molar-refractivity contribution < 1.29 is 21.6 Å². The summed E-state index contributed by atoms with van der Waals surface area (Å²) >= 11 is 5.55. The van der Waals surface area contributed by atoms with E-state index in [1.54, 1.807) is 0 Å². The third kappa shape index (κ3) is 4.41. The molecule has 0 N–H and O–H groups in total. The minimum absolute atomic E-state index is 0.274. The number of piperazine rings is 1. The number of halogens is 4. The fourth-order valence-corrected chi connectivity index (χ4v) is 4.28. The molecule has 0 unspecified atom stereocenters. The zero-order valence-electron chi connectivity index (χ0n) is 13.3. The molecule has 2 rings (SSSR count). The van der Waals surface area contributed by atoms with Crippen LogP contribution in [0.25, 0.3) is 0 Å². The average molecular weight is 385 g/mol. The largest absolute Gasteiger partial charge is 0.417 e. The Kier molecular flexibility index (Phi) is 6.17. The number of benzene rings is 1. The van der Waals surface area contributed by atoms with Gasteiger partial charge in [-0.3, -0.25) is 0 Å². The Morgan fingerprint density at radius 3 is 2.33 bits per heavy atom. The minimum Gasteiger partial charge on any atom is -0.301 e. The first-order valence-electron chi connectivity index (χ1n) is 7.75. The molecule has 0 spiro atoms. The highest BCUT2D eigenvalue weighted by Crippen LogP contribution is 2.36. The van der Waals surface area contributed by atoms with E-state index in [1.807, 2.05) is 0 Å². The molecule has 0 saturated carbocycles. The highest BCUT2D eigenvalue weighted by molar-refractivity contribution is 7.89. The van der Waals surface area contributed by atoms with Crippen molar-refractivity contribution in [1.82, 2.24) is 9.21 Å². The van der Waals surface area contributed by atoms with Gasteiger partial charge < -0.3 is 4.90 Å². The standard InChI is InChI=1S/C15H20ClF3N2O2S/c1-2-3-6-20-7-9-21(10-8-20)24(22,23)12-4-5-14(16)13(11-12)15(17,18)19/h4-5,11H,2-3,6-10H2,1H3. The van der Waals surface area contributed by atoms with Crippen molar-refractivity contribution in [3.8, 4) is 0 Å². The van der Waals surface area contributed by atoms with E-state index >= 15 is 0 Å². The second-order valence-electron chi connectivity index (χ2n) is 5.74. The molecule has 9 heteroatoms. The number of nitrogens with zero attached hydrogens (tertiary/aromatic N) is 2. The molecule has 0 amide bonds. The number of hydrogen-bond acceptors (Lipinski definition) is 3. The van der Waals surface area contributed by atoms with Gasteiger partial charge in [-0.25, -0.2) is 8.42 Å². The Bertz CT molecular complexity index is 672. The maximum Gasteiger partial charge on any atom is 0.417 e. The number of hydrogen-bond donors (Lipinski definition) is 0. The number of alkyl halides is 3. The molecule has 1 aliphatic heterocycles. The first kappa shape index (κ1) is 19.5. The monoisotopic (exact) mass is 384 g/mol. The Morgan fingerprint density at radius 1 is 1.17 bits per heavy atom. The van der Waals surface area contributed by atoms with Crippen LogP contribution in [0.5, 0.6) is 0 Å². The molecule has 1 aromatic carbocycles. The molecule has 136 valence electrons. The molecule has 1 aliphatic rings. The van der Waals surface area contributed by atoms with Gasteiger partial charge in [0.05, 0.1) is 15.5 Å². The molecule has 1 saturated heterocycles. The zero-order valence-corrected chi connectivity index (χ0v) is 14.9. The zero-order chi connectivity index (χ0) is 18.0. The van der Waals surface area contributed by atoms with E-state index < -0.39 is 26.8 Å². The predicted molar refractivity (Wildman–Crippen MR) is 86.6 cm³/mol. The van der Waals surface area contributed by atoms with E-state index in [1.165, 1.54) is 4.31 Å². The molecule has 1 fully saturated rings. The van der Waals surface area contributed by atoms with Gasteiger partial charge in [-0.15, -0.1) is 0 Å². The van der Waals surface area contributed by atoms with E-state index in [0.717, 1.165) is 31.5 Å². The second-order valence-corrected chi connectivity index (χ2v) is 8.08. The summed E-state index contributed by atoms with van der Waals surface area (Å²) in [5.74, 6) is 0. The fourth-order valence-electron chi connectivity index (χ4n) is 2.61. The summed E-state index contributed by atoms with van der Waals surface area (Å²) in [6, 6.07) is 2.71. The topological polar surface area (TPSA) is 40.6 Å². The van der Waals surface area contributed by atoms with Crippen molar-refractivity contribution in [2.75, 3.05) is 32.7 Å². The SMILES string of the molecule is CCCCN1CCN(S(=O)(=O)c2ccc(Cl)c(C(F)(F)F)c2)CC1. The lowest BCUT2D eigenvalue weighted by molar-refractivity contribution is -0.137. The third-order valence-electron chi connectivity index (χ3n) is 4.04. The van der Waals surface area contributed by atoms with Gasteiger partial charge in [0.1, 0.15) is 0 Å². The molecular formula is C15H20ClF3N2O2S. The van der Waals surface area contributed by atoms with Crippen molar-refractivity contribution >= 4 is 21.6 Å². The van der Waals surface area contributed by atoms with Crippen molar-refractivity contribution in [3.05, 3.63) is 28.8 Å². The Balaban J connectivity index is 2.17. The van der Waals surface area contributed by atoms with Crippen LogP contribution in [-0.2, 0) is 16.2 Å². The van der Waals surface area contributed by atoms with Crippen LogP contribution in [0.4, 0.5) is 13.2 Å². The van der Waals surface area contributed by atoms with Gasteiger partial charge in [0.25, 0.3) is 0 Å². The highest BCUT2D eigenvalue weighted by Gasteiger charge is 2.36. The minimum atomic E-state index is -4.69. The number of rotatable bonds is 5. The fraction of sp³-hybridized carbons (Fsp3) is 0.600. The molecule has 1 heterocycles. The van der Waals surface area contributed by atoms with Gasteiger partial charge in [0, 0.05) is 26.2 Å². The molecule has 24 heavy (non-hydrogen) atoms. The molecule has 0 aromatic heterocycles. The van der Waals surface area contributed by atoms with E-state index in [9.17, 15) is 21.6 Å². The average Bonchev–Trinajstić information content (AvgIpc) is 2.52. The lowest BCUT2D eigenvalue weighted by Crippen LogP contribution is -2.48. The number of unbranched alkanes of at least 4 members (excludes halogenated alkanes) is 1. The molecule has 0 aliphatic carbocycles. The van der Waals surface area contributed by atoms with Gasteiger partial charge in [-0.05, 0) is 31.2 Å². The first-order chi connectivity index (χ1) is 11.2. The summed E-state index contributed by atoms with van der Waals surface area (Å²) in [5, 5.41) is -0.508. The van der Waals surface area contributed by atoms with E-state index in [-0.39, 0.29) is 18.0 Å². The summed E-state index contributed by atoms with van der Waals surface area (Å²) in [7, 11) is -3.96. The molecule has 0 bridgehead atoms.